The molecule has 2 unspecified atom stereocenters. The normalized spacial score (nSPS) is 29.0. The Morgan fingerprint density at radius 3 is 2.92 bits per heavy atom. The van der Waals surface area contributed by atoms with E-state index >= 15 is 0 Å². The SMILES string of the molecule is N#CCN1CCC(CNC(=O)C2CC23CCCc2ccccc23)CC1. The number of carbonyl (C=O) groups is 1. The molecular weight excluding hydrogens is 310 g/mol. The Morgan fingerprint density at radius 2 is 2.12 bits per heavy atom. The predicted octanol–water partition coefficient (Wildman–Crippen LogP) is 2.63. The van der Waals surface area contributed by atoms with Crippen LogP contribution in [0.4, 0.5) is 0 Å². The molecule has 1 saturated heterocycles. The summed E-state index contributed by atoms with van der Waals surface area (Å²) in [5.74, 6) is 0.996. The Balaban J connectivity index is 1.31. The van der Waals surface area contributed by atoms with Gasteiger partial charge in [-0.25, -0.2) is 0 Å². The van der Waals surface area contributed by atoms with Gasteiger partial charge in [-0.05, 0) is 68.7 Å². The lowest BCUT2D eigenvalue weighted by molar-refractivity contribution is -0.123. The molecule has 3 aliphatic rings. The summed E-state index contributed by atoms with van der Waals surface area (Å²) < 4.78 is 0. The van der Waals surface area contributed by atoms with Gasteiger partial charge in [0.05, 0.1) is 12.6 Å². The van der Waals surface area contributed by atoms with Gasteiger partial charge in [-0.15, -0.1) is 0 Å². The largest absolute Gasteiger partial charge is 0.356 e. The number of piperidine rings is 1. The highest BCUT2D eigenvalue weighted by Crippen LogP contribution is 2.60. The first kappa shape index (κ1) is 16.6. The second kappa shape index (κ2) is 6.80. The van der Waals surface area contributed by atoms with Gasteiger partial charge in [0.25, 0.3) is 0 Å². The van der Waals surface area contributed by atoms with Crippen molar-refractivity contribution in [1.82, 2.24) is 10.2 Å². The highest BCUT2D eigenvalue weighted by molar-refractivity contribution is 5.84. The van der Waals surface area contributed by atoms with E-state index < -0.39 is 0 Å². The van der Waals surface area contributed by atoms with Crippen LogP contribution in [0.25, 0.3) is 0 Å². The lowest BCUT2D eigenvalue weighted by Gasteiger charge is -2.30. The van der Waals surface area contributed by atoms with Crippen LogP contribution in [0, 0.1) is 23.2 Å². The number of likely N-dealkylation sites (tertiary alicyclic amines) is 1. The van der Waals surface area contributed by atoms with Crippen molar-refractivity contribution in [2.45, 2.75) is 43.9 Å². The summed E-state index contributed by atoms with van der Waals surface area (Å²) in [7, 11) is 0. The summed E-state index contributed by atoms with van der Waals surface area (Å²) >= 11 is 0. The third kappa shape index (κ3) is 3.18. The average Bonchev–Trinajstić information content (AvgIpc) is 3.36. The topological polar surface area (TPSA) is 56.1 Å². The zero-order valence-corrected chi connectivity index (χ0v) is 14.8. The summed E-state index contributed by atoms with van der Waals surface area (Å²) in [6.45, 7) is 3.29. The minimum Gasteiger partial charge on any atom is -0.356 e. The Hall–Kier alpha value is -1.86. The Kier molecular flexibility index (Phi) is 4.52. The molecule has 4 nitrogen and oxygen atoms in total. The van der Waals surface area contributed by atoms with Crippen LogP contribution in [0.15, 0.2) is 24.3 Å². The quantitative estimate of drug-likeness (QED) is 0.859. The van der Waals surface area contributed by atoms with Gasteiger partial charge in [0.1, 0.15) is 0 Å². The summed E-state index contributed by atoms with van der Waals surface area (Å²) in [4.78, 5) is 14.9. The van der Waals surface area contributed by atoms with E-state index in [9.17, 15) is 4.79 Å². The molecule has 1 heterocycles. The molecule has 0 radical (unpaired) electrons. The molecule has 0 bridgehead atoms. The fourth-order valence-corrected chi connectivity index (χ4v) is 4.99. The molecule has 132 valence electrons. The number of nitrogens with one attached hydrogen (secondary N) is 1. The van der Waals surface area contributed by atoms with Crippen molar-refractivity contribution in [2.75, 3.05) is 26.2 Å². The monoisotopic (exact) mass is 337 g/mol. The van der Waals surface area contributed by atoms with Crippen molar-refractivity contribution in [3.63, 3.8) is 0 Å². The molecule has 1 spiro atoms. The van der Waals surface area contributed by atoms with Crippen molar-refractivity contribution >= 4 is 5.91 Å². The number of amides is 1. The average molecular weight is 337 g/mol. The minimum atomic E-state index is 0.134. The van der Waals surface area contributed by atoms with Crippen LogP contribution in [-0.2, 0) is 16.6 Å². The maximum atomic E-state index is 12.7. The van der Waals surface area contributed by atoms with E-state index in [0.29, 0.717) is 12.5 Å². The summed E-state index contributed by atoms with van der Waals surface area (Å²) in [6.07, 6.45) is 6.72. The molecule has 1 saturated carbocycles. The summed E-state index contributed by atoms with van der Waals surface area (Å²) in [5.41, 5.74) is 3.02. The molecule has 2 fully saturated rings. The van der Waals surface area contributed by atoms with Gasteiger partial charge in [-0.2, -0.15) is 5.26 Å². The Labute approximate surface area is 150 Å². The third-order valence-corrected chi connectivity index (χ3v) is 6.58. The van der Waals surface area contributed by atoms with Gasteiger partial charge in [0, 0.05) is 17.9 Å². The molecule has 1 N–H and O–H groups in total. The van der Waals surface area contributed by atoms with Crippen molar-refractivity contribution in [3.05, 3.63) is 35.4 Å². The molecule has 25 heavy (non-hydrogen) atoms. The summed E-state index contributed by atoms with van der Waals surface area (Å²) in [5, 5.41) is 12.0. The van der Waals surface area contributed by atoms with Gasteiger partial charge in [-0.1, -0.05) is 24.3 Å². The molecule has 1 aromatic rings. The van der Waals surface area contributed by atoms with Crippen LogP contribution in [0.1, 0.15) is 43.2 Å². The fourth-order valence-electron chi connectivity index (χ4n) is 4.99. The second-order valence-corrected chi connectivity index (χ2v) is 8.05. The minimum absolute atomic E-state index is 0.134. The molecule has 1 aromatic carbocycles. The lowest BCUT2D eigenvalue weighted by atomic mass is 9.78. The number of aryl methyl sites for hydroxylation is 1. The van der Waals surface area contributed by atoms with Crippen LogP contribution >= 0.6 is 0 Å². The first-order chi connectivity index (χ1) is 12.2. The number of hydrogen-bond donors (Lipinski definition) is 1. The molecule has 2 aliphatic carbocycles. The Bertz CT molecular complexity index is 687. The van der Waals surface area contributed by atoms with Crippen molar-refractivity contribution in [1.29, 1.82) is 5.26 Å². The van der Waals surface area contributed by atoms with Gasteiger partial charge in [-0.3, -0.25) is 9.69 Å². The van der Waals surface area contributed by atoms with E-state index in [4.69, 9.17) is 5.26 Å². The maximum Gasteiger partial charge on any atom is 0.224 e. The zero-order valence-electron chi connectivity index (χ0n) is 14.8. The number of fused-ring (bicyclic) bond motifs is 2. The van der Waals surface area contributed by atoms with Gasteiger partial charge in [0.2, 0.25) is 5.91 Å². The van der Waals surface area contributed by atoms with E-state index in [1.165, 1.54) is 17.5 Å². The molecule has 4 heteroatoms. The van der Waals surface area contributed by atoms with Crippen LogP contribution in [0.3, 0.4) is 0 Å². The summed E-state index contributed by atoms with van der Waals surface area (Å²) in [6, 6.07) is 10.9. The molecular formula is C21H27N3O. The second-order valence-electron chi connectivity index (χ2n) is 8.05. The van der Waals surface area contributed by atoms with Gasteiger partial charge < -0.3 is 5.32 Å². The first-order valence-electron chi connectivity index (χ1n) is 9.68. The lowest BCUT2D eigenvalue weighted by Crippen LogP contribution is -2.39. The van der Waals surface area contributed by atoms with Crippen LogP contribution in [0.5, 0.6) is 0 Å². The first-order valence-corrected chi connectivity index (χ1v) is 9.68. The zero-order chi connectivity index (χ0) is 17.3. The van der Waals surface area contributed by atoms with E-state index in [-0.39, 0.29) is 17.2 Å². The van der Waals surface area contributed by atoms with Gasteiger partial charge >= 0.3 is 0 Å². The van der Waals surface area contributed by atoms with Crippen molar-refractivity contribution < 1.29 is 4.79 Å². The number of nitrogens with zero attached hydrogens (tertiary/aromatic N) is 2. The number of rotatable bonds is 4. The van der Waals surface area contributed by atoms with Crippen LogP contribution < -0.4 is 5.32 Å². The Morgan fingerprint density at radius 1 is 1.32 bits per heavy atom. The fraction of sp³-hybridized carbons (Fsp3) is 0.619. The van der Waals surface area contributed by atoms with E-state index in [2.05, 4.69) is 40.6 Å². The van der Waals surface area contributed by atoms with Gasteiger partial charge in [0.15, 0.2) is 0 Å². The molecule has 2 atom stereocenters. The maximum absolute atomic E-state index is 12.7. The number of nitriles is 1. The molecule has 4 rings (SSSR count). The molecule has 0 aromatic heterocycles. The predicted molar refractivity (Wildman–Crippen MR) is 97.0 cm³/mol. The van der Waals surface area contributed by atoms with Crippen molar-refractivity contribution in [3.8, 4) is 6.07 Å². The highest BCUT2D eigenvalue weighted by Gasteiger charge is 2.59. The van der Waals surface area contributed by atoms with Crippen LogP contribution in [-0.4, -0.2) is 37.0 Å². The standard InChI is InChI=1S/C21H27N3O/c22-10-13-24-11-7-16(8-12-24)15-23-20(25)19-14-21(19)9-3-5-17-4-1-2-6-18(17)21/h1-2,4,6,16,19H,3,5,7-9,11-15H2,(H,23,25). The van der Waals surface area contributed by atoms with Crippen LogP contribution in [0.2, 0.25) is 0 Å². The molecule has 1 amide bonds. The van der Waals surface area contributed by atoms with Crippen molar-refractivity contribution in [2.24, 2.45) is 11.8 Å². The third-order valence-electron chi connectivity index (χ3n) is 6.58. The number of hydrogen-bond acceptors (Lipinski definition) is 3. The number of carbonyl (C=O) groups excluding carboxylic acids is 1. The number of benzene rings is 1. The van der Waals surface area contributed by atoms with E-state index in [1.807, 2.05) is 0 Å². The molecule has 1 aliphatic heterocycles. The van der Waals surface area contributed by atoms with E-state index in [1.54, 1.807) is 0 Å². The van der Waals surface area contributed by atoms with E-state index in [0.717, 1.165) is 51.7 Å². The highest BCUT2D eigenvalue weighted by atomic mass is 16.2. The smallest absolute Gasteiger partial charge is 0.224 e.